The van der Waals surface area contributed by atoms with Crippen molar-refractivity contribution >= 4 is 23.3 Å². The van der Waals surface area contributed by atoms with Gasteiger partial charge in [0.05, 0.1) is 24.2 Å². The molecule has 2 saturated heterocycles. The molecule has 5 heterocycles. The Kier molecular flexibility index (Phi) is 5.23. The molecule has 2 amide bonds. The van der Waals surface area contributed by atoms with Crippen LogP contribution < -0.4 is 10.2 Å². The third-order valence-corrected chi connectivity index (χ3v) is 10.8. The number of likely N-dealkylation sites (tertiary alicyclic amines) is 1. The number of amides is 2. The van der Waals surface area contributed by atoms with E-state index < -0.39 is 0 Å². The maximum atomic E-state index is 13.0. The van der Waals surface area contributed by atoms with Crippen LogP contribution in [0.4, 0.5) is 11.5 Å². The number of carbonyl (C=O) groups is 2. The molecule has 40 heavy (non-hydrogen) atoms. The predicted molar refractivity (Wildman–Crippen MR) is 149 cm³/mol. The van der Waals surface area contributed by atoms with Crippen molar-refractivity contribution in [2.75, 3.05) is 44.2 Å². The molecule has 2 saturated carbocycles. The summed E-state index contributed by atoms with van der Waals surface area (Å²) in [6.07, 6.45) is 7.08. The van der Waals surface area contributed by atoms with Gasteiger partial charge in [-0.2, -0.15) is 10.4 Å². The molecule has 4 aliphatic heterocycles. The molecule has 0 radical (unpaired) electrons. The molecule has 0 bridgehead atoms. The van der Waals surface area contributed by atoms with E-state index in [-0.39, 0.29) is 17.2 Å². The molecular weight excluding hydrogens is 502 g/mol. The van der Waals surface area contributed by atoms with Crippen LogP contribution in [0.15, 0.2) is 18.2 Å². The van der Waals surface area contributed by atoms with Gasteiger partial charge in [-0.05, 0) is 67.7 Å². The van der Waals surface area contributed by atoms with Gasteiger partial charge in [0.15, 0.2) is 5.82 Å². The van der Waals surface area contributed by atoms with E-state index in [0.717, 1.165) is 95.7 Å². The number of nitriles is 1. The maximum Gasteiger partial charge on any atom is 0.225 e. The Morgan fingerprint density at radius 2 is 1.85 bits per heavy atom. The molecule has 0 unspecified atom stereocenters. The molecule has 208 valence electrons. The summed E-state index contributed by atoms with van der Waals surface area (Å²) in [4.78, 5) is 31.8. The minimum atomic E-state index is 0.106. The van der Waals surface area contributed by atoms with E-state index in [4.69, 9.17) is 5.10 Å². The van der Waals surface area contributed by atoms with E-state index in [1.54, 1.807) is 6.92 Å². The molecule has 2 spiro atoms. The number of hydrogen-bond acceptors (Lipinski definition) is 6. The first-order valence-corrected chi connectivity index (χ1v) is 15.0. The summed E-state index contributed by atoms with van der Waals surface area (Å²) in [6.45, 7) is 7.85. The van der Waals surface area contributed by atoms with Crippen LogP contribution in [-0.2, 0) is 29.0 Å². The Balaban J connectivity index is 1.02. The fraction of sp³-hybridized carbons (Fsp3) is 0.613. The van der Waals surface area contributed by atoms with Gasteiger partial charge in [0.1, 0.15) is 0 Å². The highest BCUT2D eigenvalue weighted by Crippen LogP contribution is 2.57. The van der Waals surface area contributed by atoms with Crippen molar-refractivity contribution < 1.29 is 9.59 Å². The zero-order valence-corrected chi connectivity index (χ0v) is 23.3. The number of hydrogen-bond donors (Lipinski definition) is 1. The first-order chi connectivity index (χ1) is 19.4. The molecule has 1 N–H and O–H groups in total. The maximum absolute atomic E-state index is 13.0. The topological polar surface area (TPSA) is 97.5 Å². The third kappa shape index (κ3) is 3.58. The van der Waals surface area contributed by atoms with Gasteiger partial charge in [-0.1, -0.05) is 0 Å². The van der Waals surface area contributed by atoms with Crippen molar-refractivity contribution in [3.05, 3.63) is 40.6 Å². The first kappa shape index (κ1) is 24.4. The second-order valence-electron chi connectivity index (χ2n) is 13.6. The van der Waals surface area contributed by atoms with Gasteiger partial charge in [-0.25, -0.2) is 0 Å². The summed E-state index contributed by atoms with van der Waals surface area (Å²) in [5, 5.41) is 18.1. The van der Waals surface area contributed by atoms with Crippen molar-refractivity contribution in [2.24, 2.45) is 16.7 Å². The highest BCUT2D eigenvalue weighted by Gasteiger charge is 2.58. The summed E-state index contributed by atoms with van der Waals surface area (Å²) in [5.41, 5.74) is 6.16. The Bertz CT molecular complexity index is 1440. The normalized spacial score (nSPS) is 25.7. The lowest BCUT2D eigenvalue weighted by Gasteiger charge is -2.61. The zero-order chi connectivity index (χ0) is 27.2. The van der Waals surface area contributed by atoms with E-state index in [0.29, 0.717) is 29.5 Å². The standard InChI is InChI=1S/C31H37N7O2/c1-20(39)35-8-6-27-25(15-35)28(37-7-2-3-22-9-21(14-32)4-5-26(22)37)34-38(27)24-12-31(13-24)18-36(19-31)29(40)23-10-30(11-23)16-33-17-30/h4-5,9,23-24,33H,2-3,6-8,10-13,15-19H2,1H3. The summed E-state index contributed by atoms with van der Waals surface area (Å²) in [7, 11) is 0. The Labute approximate surface area is 235 Å². The molecule has 8 rings (SSSR count). The SMILES string of the molecule is CC(=O)N1CCc2c(c(N3CCCc4cc(C#N)ccc43)nn2C2CC3(C2)CN(C(=O)C2CC4(CNC4)C2)C3)C1. The Morgan fingerprint density at radius 3 is 2.55 bits per heavy atom. The highest BCUT2D eigenvalue weighted by atomic mass is 16.2. The smallest absolute Gasteiger partial charge is 0.225 e. The molecule has 0 atom stereocenters. The van der Waals surface area contributed by atoms with Crippen LogP contribution in [0.3, 0.4) is 0 Å². The van der Waals surface area contributed by atoms with Crippen molar-refractivity contribution in [1.82, 2.24) is 24.9 Å². The predicted octanol–water partition coefficient (Wildman–Crippen LogP) is 2.91. The van der Waals surface area contributed by atoms with Gasteiger partial charge in [0.2, 0.25) is 11.8 Å². The number of nitrogens with one attached hydrogen (secondary N) is 1. The van der Waals surface area contributed by atoms with Gasteiger partial charge >= 0.3 is 0 Å². The molecule has 6 aliphatic rings. The second kappa shape index (κ2) is 8.56. The van der Waals surface area contributed by atoms with E-state index in [2.05, 4.69) is 31.9 Å². The fourth-order valence-electron chi connectivity index (χ4n) is 8.58. The first-order valence-electron chi connectivity index (χ1n) is 15.0. The number of aromatic nitrogens is 2. The molecule has 9 nitrogen and oxygen atoms in total. The number of fused-ring (bicyclic) bond motifs is 2. The van der Waals surface area contributed by atoms with E-state index in [1.807, 2.05) is 17.0 Å². The van der Waals surface area contributed by atoms with Crippen LogP contribution in [0.25, 0.3) is 0 Å². The van der Waals surface area contributed by atoms with E-state index >= 15 is 0 Å². The van der Waals surface area contributed by atoms with Crippen molar-refractivity contribution in [1.29, 1.82) is 5.26 Å². The van der Waals surface area contributed by atoms with Gasteiger partial charge in [-0.15, -0.1) is 0 Å². The molecule has 2 aromatic rings. The number of anilines is 2. The number of nitrogens with zero attached hydrogens (tertiary/aromatic N) is 6. The van der Waals surface area contributed by atoms with Crippen LogP contribution in [0.2, 0.25) is 0 Å². The van der Waals surface area contributed by atoms with Crippen molar-refractivity contribution in [3.8, 4) is 6.07 Å². The van der Waals surface area contributed by atoms with E-state index in [1.165, 1.54) is 16.8 Å². The van der Waals surface area contributed by atoms with Crippen LogP contribution in [0, 0.1) is 28.1 Å². The summed E-state index contributed by atoms with van der Waals surface area (Å²) in [5.74, 6) is 1.71. The number of carbonyl (C=O) groups excluding carboxylic acids is 2. The average molecular weight is 540 g/mol. The van der Waals surface area contributed by atoms with E-state index in [9.17, 15) is 14.9 Å². The van der Waals surface area contributed by atoms with Gasteiger partial charge in [-0.3, -0.25) is 14.3 Å². The average Bonchev–Trinajstić information content (AvgIpc) is 3.23. The lowest BCUT2D eigenvalue weighted by atomic mass is 9.56. The molecule has 4 fully saturated rings. The quantitative estimate of drug-likeness (QED) is 0.644. The Morgan fingerprint density at radius 1 is 1.05 bits per heavy atom. The largest absolute Gasteiger partial charge is 0.341 e. The number of rotatable bonds is 3. The minimum Gasteiger partial charge on any atom is -0.341 e. The lowest BCUT2D eigenvalue weighted by molar-refractivity contribution is -0.168. The van der Waals surface area contributed by atoms with Gasteiger partial charge < -0.3 is 20.0 Å². The van der Waals surface area contributed by atoms with Gasteiger partial charge in [0.25, 0.3) is 0 Å². The Hall–Kier alpha value is -3.38. The molecule has 1 aromatic carbocycles. The lowest BCUT2D eigenvalue weighted by Crippen LogP contribution is -2.68. The van der Waals surface area contributed by atoms with Crippen LogP contribution in [0.1, 0.15) is 67.5 Å². The summed E-state index contributed by atoms with van der Waals surface area (Å²) >= 11 is 0. The van der Waals surface area contributed by atoms with Crippen molar-refractivity contribution in [2.45, 2.75) is 64.5 Å². The summed E-state index contributed by atoms with van der Waals surface area (Å²) < 4.78 is 2.29. The monoisotopic (exact) mass is 539 g/mol. The van der Waals surface area contributed by atoms with Crippen LogP contribution >= 0.6 is 0 Å². The molecule has 1 aromatic heterocycles. The number of benzene rings is 1. The van der Waals surface area contributed by atoms with Crippen LogP contribution in [-0.4, -0.2) is 70.7 Å². The molecule has 2 aliphatic carbocycles. The van der Waals surface area contributed by atoms with Crippen molar-refractivity contribution in [3.63, 3.8) is 0 Å². The van der Waals surface area contributed by atoms with Gasteiger partial charge in [0, 0.05) is 80.9 Å². The molecular formula is C31H37N7O2. The summed E-state index contributed by atoms with van der Waals surface area (Å²) in [6, 6.07) is 8.60. The fourth-order valence-corrected chi connectivity index (χ4v) is 8.58. The minimum absolute atomic E-state index is 0.106. The van der Waals surface area contributed by atoms with Crippen LogP contribution in [0.5, 0.6) is 0 Å². The third-order valence-electron chi connectivity index (χ3n) is 10.8. The molecule has 9 heteroatoms. The highest BCUT2D eigenvalue weighted by molar-refractivity contribution is 5.81. The zero-order valence-electron chi connectivity index (χ0n) is 23.3. The second-order valence-corrected chi connectivity index (χ2v) is 13.6. The number of aryl methyl sites for hydroxylation is 1.